The lowest BCUT2D eigenvalue weighted by atomic mass is 9.78. The minimum Gasteiger partial charge on any atom is -0.468 e. The van der Waals surface area contributed by atoms with Crippen molar-refractivity contribution in [3.63, 3.8) is 0 Å². The molecule has 1 aromatic rings. The highest BCUT2D eigenvalue weighted by molar-refractivity contribution is 7.98. The van der Waals surface area contributed by atoms with Crippen LogP contribution in [0.4, 0.5) is 4.39 Å². The summed E-state index contributed by atoms with van der Waals surface area (Å²) in [6, 6.07) is 5.36. The predicted molar refractivity (Wildman–Crippen MR) is 99.4 cm³/mol. The van der Waals surface area contributed by atoms with E-state index in [2.05, 4.69) is 5.32 Å². The van der Waals surface area contributed by atoms with Crippen molar-refractivity contribution < 1.29 is 23.5 Å². The Morgan fingerprint density at radius 2 is 2.04 bits per heavy atom. The summed E-state index contributed by atoms with van der Waals surface area (Å²) in [5.74, 6) is -3.00. The van der Waals surface area contributed by atoms with Gasteiger partial charge in [0.2, 0.25) is 11.8 Å². The lowest BCUT2D eigenvalue weighted by Crippen LogP contribution is -2.56. The largest absolute Gasteiger partial charge is 0.468 e. The number of benzene rings is 1. The Bertz CT molecular complexity index is 774. The minimum absolute atomic E-state index is 0.217. The van der Waals surface area contributed by atoms with Crippen LogP contribution in [0.1, 0.15) is 24.9 Å². The van der Waals surface area contributed by atoms with E-state index in [0.29, 0.717) is 12.2 Å². The molecule has 2 amide bonds. The summed E-state index contributed by atoms with van der Waals surface area (Å²) >= 11 is 1.53. The Hall–Kier alpha value is -1.93. The van der Waals surface area contributed by atoms with E-state index >= 15 is 0 Å². The average molecular weight is 394 g/mol. The van der Waals surface area contributed by atoms with E-state index in [9.17, 15) is 18.8 Å². The van der Waals surface area contributed by atoms with E-state index in [-0.39, 0.29) is 18.0 Å². The quantitative estimate of drug-likeness (QED) is 0.585. The molecule has 27 heavy (non-hydrogen) atoms. The molecule has 2 aliphatic heterocycles. The Labute approximate surface area is 161 Å². The molecule has 2 fully saturated rings. The van der Waals surface area contributed by atoms with Gasteiger partial charge in [-0.05, 0) is 31.4 Å². The molecule has 3 rings (SSSR count). The number of ether oxygens (including phenoxy) is 1. The van der Waals surface area contributed by atoms with Crippen molar-refractivity contribution in [1.29, 1.82) is 0 Å². The van der Waals surface area contributed by atoms with Crippen LogP contribution in [0.2, 0.25) is 0 Å². The van der Waals surface area contributed by atoms with Gasteiger partial charge >= 0.3 is 5.97 Å². The van der Waals surface area contributed by atoms with Crippen LogP contribution in [-0.2, 0) is 19.1 Å². The van der Waals surface area contributed by atoms with Crippen molar-refractivity contribution in [2.75, 3.05) is 25.7 Å². The molecule has 8 heteroatoms. The number of fused-ring (bicyclic) bond motifs is 1. The Morgan fingerprint density at radius 3 is 2.63 bits per heavy atom. The molecule has 146 valence electrons. The van der Waals surface area contributed by atoms with Crippen LogP contribution in [0.3, 0.4) is 0 Å². The summed E-state index contributed by atoms with van der Waals surface area (Å²) in [5.41, 5.74) is -1.08. The van der Waals surface area contributed by atoms with Crippen molar-refractivity contribution >= 4 is 29.5 Å². The first kappa shape index (κ1) is 19.8. The first-order chi connectivity index (χ1) is 12.9. The molecule has 0 bridgehead atoms. The summed E-state index contributed by atoms with van der Waals surface area (Å²) in [7, 11) is 1.26. The third-order valence-electron chi connectivity index (χ3n) is 5.55. The van der Waals surface area contributed by atoms with Crippen LogP contribution in [0, 0.1) is 17.7 Å². The zero-order valence-electron chi connectivity index (χ0n) is 15.5. The van der Waals surface area contributed by atoms with E-state index in [1.54, 1.807) is 25.1 Å². The van der Waals surface area contributed by atoms with Gasteiger partial charge < -0.3 is 4.74 Å². The number of likely N-dealkylation sites (tertiary alicyclic amines) is 1. The van der Waals surface area contributed by atoms with Crippen molar-refractivity contribution in [1.82, 2.24) is 10.2 Å². The topological polar surface area (TPSA) is 75.7 Å². The van der Waals surface area contributed by atoms with Gasteiger partial charge in [-0.15, -0.1) is 0 Å². The number of thioether (sulfide) groups is 1. The van der Waals surface area contributed by atoms with Gasteiger partial charge in [0.25, 0.3) is 0 Å². The van der Waals surface area contributed by atoms with E-state index < -0.39 is 41.1 Å². The van der Waals surface area contributed by atoms with Gasteiger partial charge in [0.15, 0.2) is 0 Å². The van der Waals surface area contributed by atoms with E-state index in [4.69, 9.17) is 4.74 Å². The first-order valence-electron chi connectivity index (χ1n) is 8.87. The second-order valence-corrected chi connectivity index (χ2v) is 7.76. The van der Waals surface area contributed by atoms with Crippen LogP contribution in [0.25, 0.3) is 0 Å². The third-order valence-corrected chi connectivity index (χ3v) is 6.16. The zero-order valence-corrected chi connectivity index (χ0v) is 16.3. The maximum absolute atomic E-state index is 14.5. The number of nitrogens with one attached hydrogen (secondary N) is 1. The molecule has 4 unspecified atom stereocenters. The Balaban J connectivity index is 2.16. The Morgan fingerprint density at radius 1 is 1.33 bits per heavy atom. The van der Waals surface area contributed by atoms with Gasteiger partial charge in [-0.1, -0.05) is 18.2 Å². The smallest absolute Gasteiger partial charge is 0.326 e. The second-order valence-electron chi connectivity index (χ2n) is 6.77. The number of carbonyl (C=O) groups is 3. The number of rotatable bonds is 6. The molecule has 6 nitrogen and oxygen atoms in total. The molecular formula is C19H23FN2O4S. The van der Waals surface area contributed by atoms with Crippen molar-refractivity contribution in [2.45, 2.75) is 24.9 Å². The van der Waals surface area contributed by atoms with Crippen LogP contribution in [-0.4, -0.2) is 53.9 Å². The fraction of sp³-hybridized carbons (Fsp3) is 0.526. The molecule has 1 aromatic carbocycles. The van der Waals surface area contributed by atoms with Crippen LogP contribution in [0.5, 0.6) is 0 Å². The summed E-state index contributed by atoms with van der Waals surface area (Å²) in [5, 5.41) is 3.16. The number of hydrogen-bond donors (Lipinski definition) is 1. The highest BCUT2D eigenvalue weighted by Gasteiger charge is 2.68. The fourth-order valence-electron chi connectivity index (χ4n) is 4.33. The van der Waals surface area contributed by atoms with Crippen LogP contribution < -0.4 is 5.32 Å². The van der Waals surface area contributed by atoms with Gasteiger partial charge in [-0.3, -0.25) is 24.6 Å². The number of methoxy groups -OCH3 is 1. The normalized spacial score (nSPS) is 29.9. The number of hydrogen-bond acceptors (Lipinski definition) is 6. The van der Waals surface area contributed by atoms with E-state index in [1.807, 2.05) is 6.26 Å². The standard InChI is InChI=1S/C19H23FN2O4S/c1-4-22-16(23)13-14(17(22)24)19(9-10-27-3,18(25)26-2)21-15(13)11-7-5-6-8-12(11)20/h5-8,13-15,21H,4,9-10H2,1-3H3. The third kappa shape index (κ3) is 2.95. The van der Waals surface area contributed by atoms with Gasteiger partial charge in [0.05, 0.1) is 18.9 Å². The lowest BCUT2D eigenvalue weighted by molar-refractivity contribution is -0.154. The molecule has 0 radical (unpaired) electrons. The van der Waals surface area contributed by atoms with Crippen molar-refractivity contribution in [3.8, 4) is 0 Å². The molecule has 0 aromatic heterocycles. The first-order valence-corrected chi connectivity index (χ1v) is 10.3. The number of esters is 1. The van der Waals surface area contributed by atoms with Gasteiger partial charge in [-0.2, -0.15) is 11.8 Å². The number of amides is 2. The van der Waals surface area contributed by atoms with Crippen LogP contribution in [0.15, 0.2) is 24.3 Å². The zero-order chi connectivity index (χ0) is 19.8. The van der Waals surface area contributed by atoms with Gasteiger partial charge in [-0.25, -0.2) is 4.39 Å². The van der Waals surface area contributed by atoms with Crippen LogP contribution >= 0.6 is 11.8 Å². The molecule has 4 atom stereocenters. The van der Waals surface area contributed by atoms with E-state index in [1.165, 1.54) is 29.8 Å². The molecule has 0 aliphatic carbocycles. The summed E-state index contributed by atoms with van der Waals surface area (Å²) in [6.07, 6.45) is 2.20. The number of halogens is 1. The molecule has 0 spiro atoms. The SMILES string of the molecule is CCN1C(=O)C2C(c3ccccc3F)NC(CCSC)(C(=O)OC)C2C1=O. The number of imide groups is 1. The highest BCUT2D eigenvalue weighted by Crippen LogP contribution is 2.50. The molecular weight excluding hydrogens is 371 g/mol. The van der Waals surface area contributed by atoms with Crippen molar-refractivity contribution in [3.05, 3.63) is 35.6 Å². The molecule has 2 aliphatic rings. The lowest BCUT2D eigenvalue weighted by Gasteiger charge is -2.32. The second kappa shape index (κ2) is 7.59. The van der Waals surface area contributed by atoms with Gasteiger partial charge in [0, 0.05) is 18.2 Å². The maximum atomic E-state index is 14.5. The van der Waals surface area contributed by atoms with E-state index in [0.717, 1.165) is 0 Å². The fourth-order valence-corrected chi connectivity index (χ4v) is 4.86. The number of carbonyl (C=O) groups excluding carboxylic acids is 3. The van der Waals surface area contributed by atoms with Crippen molar-refractivity contribution in [2.24, 2.45) is 11.8 Å². The highest BCUT2D eigenvalue weighted by atomic mass is 32.2. The molecule has 2 heterocycles. The molecule has 1 N–H and O–H groups in total. The maximum Gasteiger partial charge on any atom is 0.326 e. The summed E-state index contributed by atoms with van der Waals surface area (Å²) in [6.45, 7) is 1.93. The molecule has 0 saturated carbocycles. The predicted octanol–water partition coefficient (Wildman–Crippen LogP) is 1.76. The molecule has 2 saturated heterocycles. The monoisotopic (exact) mass is 394 g/mol. The summed E-state index contributed by atoms with van der Waals surface area (Å²) < 4.78 is 19.5. The Kier molecular flexibility index (Phi) is 5.58. The summed E-state index contributed by atoms with van der Waals surface area (Å²) in [4.78, 5) is 40.0. The average Bonchev–Trinajstić information content (AvgIpc) is 3.14. The van der Waals surface area contributed by atoms with Gasteiger partial charge in [0.1, 0.15) is 11.4 Å². The minimum atomic E-state index is -1.36. The number of nitrogens with zero attached hydrogens (tertiary/aromatic N) is 1.